The Morgan fingerprint density at radius 3 is 2.46 bits per heavy atom. The van der Waals surface area contributed by atoms with Gasteiger partial charge in [0.15, 0.2) is 22.8 Å². The molecule has 4 heterocycles. The minimum Gasteiger partial charge on any atom is -0.312 e. The number of pyridine rings is 1. The van der Waals surface area contributed by atoms with Crippen molar-refractivity contribution in [1.82, 2.24) is 33.6 Å². The third kappa shape index (κ3) is 5.49. The maximum Gasteiger partial charge on any atom is 0.332 e. The summed E-state index contributed by atoms with van der Waals surface area (Å²) in [6, 6.07) is 3.79. The summed E-state index contributed by atoms with van der Waals surface area (Å²) < 4.78 is 30.2. The zero-order valence-electron chi connectivity index (χ0n) is 21.7. The van der Waals surface area contributed by atoms with Crippen LogP contribution in [-0.2, 0) is 29.1 Å². The Bertz CT molecular complexity index is 1670. The standard InChI is InChI=1S/C25H26F2N8O4/c1-5-7-16(36)12-34-22(38)19-20(33(4)24(34)39)30-13-35(19)14(2)21(37)32-18-9-6-8-17(31-18)15-10-28-23(29-11-15)25(3,26)27/h6,8-11,13-14H,5,7,12H2,1-4H3,(H,31,32,37)/t14-/m0/s1. The van der Waals surface area contributed by atoms with Gasteiger partial charge in [0, 0.05) is 38.3 Å². The average molecular weight is 541 g/mol. The lowest BCUT2D eigenvalue weighted by Gasteiger charge is -2.15. The third-order valence-corrected chi connectivity index (χ3v) is 6.06. The SMILES string of the molecule is CCCC(=O)Cn1c(=O)c2c(ncn2[C@@H](C)C(=O)Nc2cccc(-c3cnc(C(C)(F)F)nc3)n2)n(C)c1=O. The first-order valence-corrected chi connectivity index (χ1v) is 12.1. The highest BCUT2D eigenvalue weighted by Crippen LogP contribution is 2.25. The molecule has 0 radical (unpaired) electrons. The molecular weight excluding hydrogens is 514 g/mol. The first-order chi connectivity index (χ1) is 18.4. The molecule has 12 nitrogen and oxygen atoms in total. The van der Waals surface area contributed by atoms with Crippen LogP contribution in [0.25, 0.3) is 22.4 Å². The largest absolute Gasteiger partial charge is 0.332 e. The molecule has 0 aliphatic heterocycles. The Balaban J connectivity index is 1.62. The van der Waals surface area contributed by atoms with Crippen molar-refractivity contribution in [2.75, 3.05) is 5.32 Å². The highest BCUT2D eigenvalue weighted by molar-refractivity contribution is 5.93. The fraction of sp³-hybridized carbons (Fsp3) is 0.360. The number of imidazole rings is 1. The number of carbonyl (C=O) groups excluding carboxylic acids is 2. The van der Waals surface area contributed by atoms with Crippen molar-refractivity contribution >= 4 is 28.7 Å². The van der Waals surface area contributed by atoms with Gasteiger partial charge in [0.25, 0.3) is 5.56 Å². The van der Waals surface area contributed by atoms with E-state index in [0.29, 0.717) is 24.6 Å². The van der Waals surface area contributed by atoms with Crippen molar-refractivity contribution in [1.29, 1.82) is 0 Å². The molecule has 1 N–H and O–H groups in total. The summed E-state index contributed by atoms with van der Waals surface area (Å²) in [5.41, 5.74) is -0.627. The lowest BCUT2D eigenvalue weighted by Crippen LogP contribution is -2.41. The smallest absolute Gasteiger partial charge is 0.312 e. The molecule has 204 valence electrons. The number of halogens is 2. The Labute approximate surface area is 220 Å². The monoisotopic (exact) mass is 540 g/mol. The summed E-state index contributed by atoms with van der Waals surface area (Å²) in [5.74, 6) is -4.45. The number of hydrogen-bond donors (Lipinski definition) is 1. The van der Waals surface area contributed by atoms with E-state index in [1.807, 2.05) is 6.92 Å². The second kappa shape index (κ2) is 10.6. The highest BCUT2D eigenvalue weighted by Gasteiger charge is 2.28. The van der Waals surface area contributed by atoms with E-state index in [4.69, 9.17) is 0 Å². The van der Waals surface area contributed by atoms with Gasteiger partial charge in [-0.15, -0.1) is 0 Å². The maximum atomic E-state index is 13.4. The van der Waals surface area contributed by atoms with E-state index in [0.717, 1.165) is 9.13 Å². The van der Waals surface area contributed by atoms with Gasteiger partial charge in [0.2, 0.25) is 5.91 Å². The lowest BCUT2D eigenvalue weighted by molar-refractivity contribution is -0.120. The van der Waals surface area contributed by atoms with Crippen LogP contribution in [0.1, 0.15) is 45.5 Å². The number of aryl methyl sites for hydroxylation is 1. The summed E-state index contributed by atoms with van der Waals surface area (Å²) in [5, 5.41) is 2.66. The fourth-order valence-corrected chi connectivity index (χ4v) is 3.97. The Morgan fingerprint density at radius 1 is 1.13 bits per heavy atom. The van der Waals surface area contributed by atoms with Crippen molar-refractivity contribution < 1.29 is 18.4 Å². The molecule has 0 saturated carbocycles. The molecule has 4 aromatic heterocycles. The zero-order valence-corrected chi connectivity index (χ0v) is 21.7. The van der Waals surface area contributed by atoms with E-state index in [1.54, 1.807) is 12.1 Å². The second-order valence-electron chi connectivity index (χ2n) is 9.10. The van der Waals surface area contributed by atoms with E-state index in [-0.39, 0.29) is 35.7 Å². The van der Waals surface area contributed by atoms with E-state index in [1.165, 1.54) is 43.3 Å². The van der Waals surface area contributed by atoms with Crippen molar-refractivity contribution in [3.8, 4) is 11.3 Å². The van der Waals surface area contributed by atoms with Crippen LogP contribution in [0.4, 0.5) is 14.6 Å². The Morgan fingerprint density at radius 2 is 1.82 bits per heavy atom. The number of nitrogens with one attached hydrogen (secondary N) is 1. The van der Waals surface area contributed by atoms with Gasteiger partial charge in [-0.3, -0.25) is 23.5 Å². The van der Waals surface area contributed by atoms with E-state index < -0.39 is 34.9 Å². The minimum absolute atomic E-state index is 0.00396. The van der Waals surface area contributed by atoms with Crippen molar-refractivity contribution in [3.63, 3.8) is 0 Å². The predicted octanol–water partition coefficient (Wildman–Crippen LogP) is 2.43. The van der Waals surface area contributed by atoms with Gasteiger partial charge in [-0.05, 0) is 25.5 Å². The van der Waals surface area contributed by atoms with E-state index in [9.17, 15) is 28.0 Å². The number of anilines is 1. The molecular formula is C25H26F2N8O4. The number of Topliss-reactive ketones (excluding diaryl/α,β-unsaturated/α-hetero) is 1. The highest BCUT2D eigenvalue weighted by atomic mass is 19.3. The van der Waals surface area contributed by atoms with Gasteiger partial charge in [-0.1, -0.05) is 13.0 Å². The van der Waals surface area contributed by atoms with Gasteiger partial charge in [-0.25, -0.2) is 24.7 Å². The normalized spacial score (nSPS) is 12.5. The summed E-state index contributed by atoms with van der Waals surface area (Å²) in [7, 11) is 1.43. The van der Waals surface area contributed by atoms with E-state index >= 15 is 0 Å². The number of nitrogens with zero attached hydrogens (tertiary/aromatic N) is 7. The van der Waals surface area contributed by atoms with Crippen LogP contribution in [0.2, 0.25) is 0 Å². The molecule has 0 spiro atoms. The van der Waals surface area contributed by atoms with Crippen molar-refractivity contribution in [2.24, 2.45) is 7.05 Å². The van der Waals surface area contributed by atoms with Crippen LogP contribution < -0.4 is 16.6 Å². The van der Waals surface area contributed by atoms with Crippen molar-refractivity contribution in [3.05, 3.63) is 63.6 Å². The van der Waals surface area contributed by atoms with E-state index in [2.05, 4.69) is 25.3 Å². The average Bonchev–Trinajstić information content (AvgIpc) is 3.35. The fourth-order valence-electron chi connectivity index (χ4n) is 3.97. The van der Waals surface area contributed by atoms with Gasteiger partial charge in [-0.2, -0.15) is 8.78 Å². The first kappa shape index (κ1) is 27.4. The van der Waals surface area contributed by atoms with Crippen LogP contribution in [-0.4, -0.2) is 45.3 Å². The molecule has 0 aliphatic rings. The minimum atomic E-state index is -3.18. The first-order valence-electron chi connectivity index (χ1n) is 12.1. The topological polar surface area (TPSA) is 147 Å². The molecule has 0 bridgehead atoms. The zero-order chi connectivity index (χ0) is 28.5. The quantitative estimate of drug-likeness (QED) is 0.341. The number of rotatable bonds is 9. The Hall–Kier alpha value is -4.62. The van der Waals surface area contributed by atoms with Crippen LogP contribution in [0, 0.1) is 0 Å². The number of ketones is 1. The third-order valence-electron chi connectivity index (χ3n) is 6.06. The second-order valence-corrected chi connectivity index (χ2v) is 9.10. The lowest BCUT2D eigenvalue weighted by atomic mass is 10.2. The summed E-state index contributed by atoms with van der Waals surface area (Å²) >= 11 is 0. The number of carbonyl (C=O) groups is 2. The molecule has 0 saturated heterocycles. The molecule has 14 heteroatoms. The van der Waals surface area contributed by atoms with Gasteiger partial charge in [0.05, 0.1) is 18.6 Å². The van der Waals surface area contributed by atoms with Gasteiger partial charge >= 0.3 is 11.6 Å². The Kier molecular flexibility index (Phi) is 7.47. The number of aromatic nitrogens is 7. The number of hydrogen-bond acceptors (Lipinski definition) is 8. The molecule has 1 amide bonds. The van der Waals surface area contributed by atoms with Gasteiger partial charge < -0.3 is 9.88 Å². The van der Waals surface area contributed by atoms with Crippen LogP contribution in [0.3, 0.4) is 0 Å². The number of fused-ring (bicyclic) bond motifs is 1. The molecule has 1 atom stereocenters. The number of alkyl halides is 2. The molecule has 0 aromatic carbocycles. The number of amides is 1. The molecule has 4 rings (SSSR count). The van der Waals surface area contributed by atoms with Crippen LogP contribution >= 0.6 is 0 Å². The predicted molar refractivity (Wildman–Crippen MR) is 137 cm³/mol. The summed E-state index contributed by atoms with van der Waals surface area (Å²) in [6.07, 6.45) is 4.51. The molecule has 0 fully saturated rings. The summed E-state index contributed by atoms with van der Waals surface area (Å²) in [4.78, 5) is 67.1. The molecule has 0 unspecified atom stereocenters. The maximum absolute atomic E-state index is 13.4. The molecule has 39 heavy (non-hydrogen) atoms. The molecule has 0 aliphatic carbocycles. The van der Waals surface area contributed by atoms with Gasteiger partial charge in [0.1, 0.15) is 11.9 Å². The molecule has 4 aromatic rings. The van der Waals surface area contributed by atoms with Crippen LogP contribution in [0.15, 0.2) is 46.5 Å². The van der Waals surface area contributed by atoms with Crippen LogP contribution in [0.5, 0.6) is 0 Å². The van der Waals surface area contributed by atoms with Crippen molar-refractivity contribution in [2.45, 2.75) is 52.1 Å². The summed E-state index contributed by atoms with van der Waals surface area (Å²) in [6.45, 7) is 3.67.